The monoisotopic (exact) mass is 551 g/mol. The number of carbonyl (C=O) groups is 2. The number of amides is 2. The second-order valence-corrected chi connectivity index (χ2v) is 12.8. The van der Waals surface area contributed by atoms with Crippen molar-refractivity contribution >= 4 is 27.7 Å². The van der Waals surface area contributed by atoms with E-state index in [2.05, 4.69) is 10.2 Å². The topological polar surface area (TPSA) is 133 Å². The van der Waals surface area contributed by atoms with Crippen molar-refractivity contribution in [3.05, 3.63) is 71.9 Å². The van der Waals surface area contributed by atoms with Gasteiger partial charge >= 0.3 is 0 Å². The number of hydrogen-bond donors (Lipinski definition) is 2. The van der Waals surface area contributed by atoms with Crippen LogP contribution in [0, 0.1) is 0 Å². The molecule has 1 aliphatic rings. The fraction of sp³-hybridized carbons (Fsp3) is 0.357. The van der Waals surface area contributed by atoms with Crippen molar-refractivity contribution in [2.75, 3.05) is 31.1 Å². The van der Waals surface area contributed by atoms with Crippen LogP contribution in [-0.2, 0) is 21.2 Å². The lowest BCUT2D eigenvalue weighted by Crippen LogP contribution is -2.49. The molecule has 1 aliphatic heterocycles. The highest BCUT2D eigenvalue weighted by molar-refractivity contribution is 7.91. The molecule has 2 amide bonds. The van der Waals surface area contributed by atoms with E-state index in [-0.39, 0.29) is 17.4 Å². The smallest absolute Gasteiger partial charge is 0.285 e. The summed E-state index contributed by atoms with van der Waals surface area (Å²) in [6.45, 7) is 6.67. The number of phenolic OH excluding ortho intramolecular Hbond substituents is 1. The SMILES string of the molecule is CC(C)(C)S(=O)(=O)NC(=O)c1ccc(N2CCN(C(=O)CCc3ccccc3-c3cccc(O)c3)CC2)nn1. The molecule has 1 aromatic heterocycles. The minimum atomic E-state index is -3.86. The Morgan fingerprint density at radius 2 is 1.67 bits per heavy atom. The zero-order valence-electron chi connectivity index (χ0n) is 22.3. The number of anilines is 1. The summed E-state index contributed by atoms with van der Waals surface area (Å²) in [4.78, 5) is 29.1. The first-order chi connectivity index (χ1) is 18.4. The molecule has 1 fully saturated rings. The van der Waals surface area contributed by atoms with Gasteiger partial charge in [0.1, 0.15) is 5.75 Å². The van der Waals surface area contributed by atoms with Gasteiger partial charge in [0.25, 0.3) is 5.91 Å². The number of aryl methyl sites for hydroxylation is 1. The van der Waals surface area contributed by atoms with Gasteiger partial charge in [-0.2, -0.15) is 0 Å². The van der Waals surface area contributed by atoms with Crippen LogP contribution in [0.15, 0.2) is 60.7 Å². The molecule has 1 saturated heterocycles. The van der Waals surface area contributed by atoms with Gasteiger partial charge in [-0.15, -0.1) is 10.2 Å². The van der Waals surface area contributed by atoms with Crippen molar-refractivity contribution in [3.8, 4) is 16.9 Å². The Labute approximate surface area is 228 Å². The highest BCUT2D eigenvalue weighted by atomic mass is 32.2. The van der Waals surface area contributed by atoms with E-state index in [4.69, 9.17) is 0 Å². The third-order valence-corrected chi connectivity index (χ3v) is 8.72. The number of benzene rings is 2. The van der Waals surface area contributed by atoms with Gasteiger partial charge in [-0.1, -0.05) is 36.4 Å². The van der Waals surface area contributed by atoms with Crippen molar-refractivity contribution < 1.29 is 23.1 Å². The fourth-order valence-electron chi connectivity index (χ4n) is 4.22. The molecule has 39 heavy (non-hydrogen) atoms. The fourth-order valence-corrected chi connectivity index (χ4v) is 4.88. The molecule has 0 bridgehead atoms. The van der Waals surface area contributed by atoms with Gasteiger partial charge in [-0.3, -0.25) is 9.59 Å². The lowest BCUT2D eigenvalue weighted by Gasteiger charge is -2.35. The van der Waals surface area contributed by atoms with Crippen LogP contribution in [0.4, 0.5) is 5.82 Å². The molecule has 10 nitrogen and oxygen atoms in total. The van der Waals surface area contributed by atoms with Gasteiger partial charge in [-0.25, -0.2) is 13.1 Å². The quantitative estimate of drug-likeness (QED) is 0.458. The number of aromatic hydroxyl groups is 1. The Morgan fingerprint density at radius 1 is 0.949 bits per heavy atom. The molecule has 2 heterocycles. The molecular formula is C28H33N5O5S. The molecule has 4 rings (SSSR count). The molecule has 3 aromatic rings. The predicted molar refractivity (Wildman–Crippen MR) is 149 cm³/mol. The van der Waals surface area contributed by atoms with E-state index in [1.54, 1.807) is 24.3 Å². The van der Waals surface area contributed by atoms with E-state index in [1.807, 2.05) is 44.9 Å². The number of piperazine rings is 1. The van der Waals surface area contributed by atoms with Crippen molar-refractivity contribution in [2.24, 2.45) is 0 Å². The van der Waals surface area contributed by atoms with Gasteiger partial charge in [0, 0.05) is 32.6 Å². The maximum Gasteiger partial charge on any atom is 0.285 e. The van der Waals surface area contributed by atoms with Crippen LogP contribution in [0.5, 0.6) is 5.75 Å². The Hall–Kier alpha value is -3.99. The van der Waals surface area contributed by atoms with Crippen LogP contribution in [0.25, 0.3) is 11.1 Å². The number of phenols is 1. The number of aromatic nitrogens is 2. The summed E-state index contributed by atoms with van der Waals surface area (Å²) < 4.78 is 25.3. The summed E-state index contributed by atoms with van der Waals surface area (Å²) >= 11 is 0. The summed E-state index contributed by atoms with van der Waals surface area (Å²) in [5.74, 6) is -0.00625. The predicted octanol–water partition coefficient (Wildman–Crippen LogP) is 2.99. The maximum atomic E-state index is 13.0. The minimum absolute atomic E-state index is 0.0681. The van der Waals surface area contributed by atoms with E-state index in [9.17, 15) is 23.1 Å². The first kappa shape index (κ1) is 28.0. The van der Waals surface area contributed by atoms with Gasteiger partial charge in [-0.05, 0) is 68.1 Å². The molecular weight excluding hydrogens is 518 g/mol. The van der Waals surface area contributed by atoms with Gasteiger partial charge in [0.2, 0.25) is 15.9 Å². The first-order valence-electron chi connectivity index (χ1n) is 12.7. The lowest BCUT2D eigenvalue weighted by molar-refractivity contribution is -0.131. The van der Waals surface area contributed by atoms with Crippen LogP contribution in [0.2, 0.25) is 0 Å². The van der Waals surface area contributed by atoms with Crippen LogP contribution in [0.1, 0.15) is 43.2 Å². The average Bonchev–Trinajstić information content (AvgIpc) is 2.91. The normalized spacial score (nSPS) is 14.2. The third kappa shape index (κ3) is 6.72. The molecule has 0 unspecified atom stereocenters. The number of nitrogens with zero attached hydrogens (tertiary/aromatic N) is 4. The third-order valence-electron chi connectivity index (χ3n) is 6.66. The van der Waals surface area contributed by atoms with E-state index >= 15 is 0 Å². The summed E-state index contributed by atoms with van der Waals surface area (Å²) in [5.41, 5.74) is 2.86. The van der Waals surface area contributed by atoms with E-state index in [1.165, 1.54) is 26.8 Å². The molecule has 0 aliphatic carbocycles. The van der Waals surface area contributed by atoms with Gasteiger partial charge in [0.05, 0.1) is 4.75 Å². The standard InChI is InChI=1S/C28H33N5O5S/c1-28(2,3)39(37,38)31-27(36)24-12-13-25(30-29-24)32-15-17-33(18-16-32)26(35)14-11-20-7-4-5-10-23(20)21-8-6-9-22(34)19-21/h4-10,12-13,19,34H,11,14-18H2,1-3H3,(H,31,36). The Balaban J connectivity index is 1.31. The van der Waals surface area contributed by atoms with Crippen LogP contribution in [0.3, 0.4) is 0 Å². The summed E-state index contributed by atoms with van der Waals surface area (Å²) in [7, 11) is -3.86. The second-order valence-electron chi connectivity index (χ2n) is 10.4. The van der Waals surface area contributed by atoms with Crippen molar-refractivity contribution in [1.82, 2.24) is 19.8 Å². The Bertz CT molecular complexity index is 1440. The zero-order chi connectivity index (χ0) is 28.2. The van der Waals surface area contributed by atoms with E-state index in [0.29, 0.717) is 44.8 Å². The highest BCUT2D eigenvalue weighted by Crippen LogP contribution is 2.27. The van der Waals surface area contributed by atoms with Gasteiger partial charge in [0.15, 0.2) is 11.5 Å². The highest BCUT2D eigenvalue weighted by Gasteiger charge is 2.31. The largest absolute Gasteiger partial charge is 0.508 e. The van der Waals surface area contributed by atoms with Crippen LogP contribution in [-0.4, -0.2) is 71.4 Å². The summed E-state index contributed by atoms with van der Waals surface area (Å²) in [6, 6.07) is 18.1. The number of carbonyl (C=O) groups excluding carboxylic acids is 2. The molecule has 0 spiro atoms. The van der Waals surface area contributed by atoms with Crippen molar-refractivity contribution in [2.45, 2.75) is 38.4 Å². The number of sulfonamides is 1. The number of hydrogen-bond acceptors (Lipinski definition) is 8. The maximum absolute atomic E-state index is 13.0. The number of rotatable bonds is 7. The second kappa shape index (κ2) is 11.4. The van der Waals surface area contributed by atoms with Crippen LogP contribution < -0.4 is 9.62 Å². The molecule has 0 saturated carbocycles. The minimum Gasteiger partial charge on any atom is -0.508 e. The Morgan fingerprint density at radius 3 is 2.31 bits per heavy atom. The molecule has 11 heteroatoms. The van der Waals surface area contributed by atoms with E-state index < -0.39 is 20.7 Å². The number of nitrogens with one attached hydrogen (secondary N) is 1. The molecule has 0 radical (unpaired) electrons. The molecule has 0 atom stereocenters. The first-order valence-corrected chi connectivity index (χ1v) is 14.2. The van der Waals surface area contributed by atoms with Crippen molar-refractivity contribution in [3.63, 3.8) is 0 Å². The average molecular weight is 552 g/mol. The Kier molecular flexibility index (Phi) is 8.19. The van der Waals surface area contributed by atoms with E-state index in [0.717, 1.165) is 16.7 Å². The molecule has 206 valence electrons. The molecule has 2 N–H and O–H groups in total. The van der Waals surface area contributed by atoms with Crippen molar-refractivity contribution in [1.29, 1.82) is 0 Å². The summed E-state index contributed by atoms with van der Waals surface area (Å²) in [5, 5.41) is 17.9. The molecule has 2 aromatic carbocycles. The lowest BCUT2D eigenvalue weighted by atomic mass is 9.96. The summed E-state index contributed by atoms with van der Waals surface area (Å²) in [6.07, 6.45) is 0.960. The van der Waals surface area contributed by atoms with Gasteiger partial charge < -0.3 is 14.9 Å². The zero-order valence-corrected chi connectivity index (χ0v) is 23.1. The van der Waals surface area contributed by atoms with Crippen LogP contribution >= 0.6 is 0 Å².